The predicted octanol–water partition coefficient (Wildman–Crippen LogP) is 3.09. The number of rotatable bonds is 13. The van der Waals surface area contributed by atoms with Crippen LogP contribution in [-0.4, -0.2) is 72.4 Å². The van der Waals surface area contributed by atoms with Crippen LogP contribution in [0.3, 0.4) is 0 Å². The summed E-state index contributed by atoms with van der Waals surface area (Å²) >= 11 is 0. The largest absolute Gasteiger partial charge is 0.417 e. The quantitative estimate of drug-likeness (QED) is 0.120. The van der Waals surface area contributed by atoms with Crippen LogP contribution in [0, 0.1) is 17.1 Å². The van der Waals surface area contributed by atoms with Crippen LogP contribution in [0.5, 0.6) is 0 Å². The standard InChI is InChI=1S/C32H29F4N5O7S/c1-31(45,30(44)39-21-8-7-20(17-37)25(16-21)32(34,35)36)18-49(46,47)13-12-48-11-10-38-28(42)24-14-19(6-9-26(24)33)15-27-22-4-2-3-5-23(22)29(43)41-40-27/h2-9,14,16,45H,10-13,15,18H2,1H3,(H,38,42)(H,39,44)(H,41,43). The van der Waals surface area contributed by atoms with Crippen LogP contribution in [-0.2, 0) is 32.0 Å². The molecule has 258 valence electrons. The van der Waals surface area contributed by atoms with Crippen molar-refractivity contribution in [3.63, 3.8) is 0 Å². The Bertz CT molecular complexity index is 2090. The SMILES string of the molecule is CC(O)(CS(=O)(=O)CCOCCNC(=O)c1cc(Cc2n[nH]c(=O)c3ccccc23)ccc1F)C(=O)Nc1ccc(C#N)c(C(F)(F)F)c1. The Morgan fingerprint density at radius 1 is 1.06 bits per heavy atom. The second-order valence-corrected chi connectivity index (χ2v) is 13.3. The fraction of sp³-hybridized carbons (Fsp3) is 0.281. The van der Waals surface area contributed by atoms with Gasteiger partial charge in [-0.25, -0.2) is 17.9 Å². The average Bonchev–Trinajstić information content (AvgIpc) is 3.04. The van der Waals surface area contributed by atoms with Crippen molar-refractivity contribution in [2.75, 3.05) is 36.6 Å². The summed E-state index contributed by atoms with van der Waals surface area (Å²) in [5.74, 6) is -4.58. The number of sulfone groups is 1. The third-order valence-corrected chi connectivity index (χ3v) is 8.98. The van der Waals surface area contributed by atoms with Crippen molar-refractivity contribution in [1.29, 1.82) is 5.26 Å². The summed E-state index contributed by atoms with van der Waals surface area (Å²) in [5, 5.41) is 31.4. The number of hydrogen-bond donors (Lipinski definition) is 4. The molecule has 0 aliphatic rings. The Labute approximate surface area is 276 Å². The van der Waals surface area contributed by atoms with Crippen LogP contribution in [0.25, 0.3) is 10.8 Å². The number of aliphatic hydroxyl groups is 1. The van der Waals surface area contributed by atoms with Crippen molar-refractivity contribution < 1.29 is 45.4 Å². The summed E-state index contributed by atoms with van der Waals surface area (Å²) in [6, 6.07) is 14.5. The number of nitrogens with one attached hydrogen (secondary N) is 3. The van der Waals surface area contributed by atoms with Crippen molar-refractivity contribution in [2.24, 2.45) is 0 Å². The number of ether oxygens (including phenoxy) is 1. The molecule has 0 spiro atoms. The number of fused-ring (bicyclic) bond motifs is 1. The van der Waals surface area contributed by atoms with E-state index in [-0.39, 0.29) is 30.7 Å². The predicted molar refractivity (Wildman–Crippen MR) is 169 cm³/mol. The zero-order chi connectivity index (χ0) is 36.0. The first-order valence-corrected chi connectivity index (χ1v) is 16.3. The number of aromatic amines is 1. The lowest BCUT2D eigenvalue weighted by molar-refractivity contribution is -0.137. The fourth-order valence-electron chi connectivity index (χ4n) is 4.76. The number of halogens is 4. The molecular formula is C32H29F4N5O7S. The third-order valence-electron chi connectivity index (χ3n) is 7.19. The molecule has 1 heterocycles. The smallest absolute Gasteiger partial charge is 0.379 e. The molecule has 1 atom stereocenters. The lowest BCUT2D eigenvalue weighted by Gasteiger charge is -2.22. The number of aromatic nitrogens is 2. The molecule has 2 amide bonds. The lowest BCUT2D eigenvalue weighted by atomic mass is 10.0. The van der Waals surface area contributed by atoms with E-state index in [9.17, 15) is 45.5 Å². The number of nitrogens with zero attached hydrogens (tertiary/aromatic N) is 2. The highest BCUT2D eigenvalue weighted by atomic mass is 32.2. The van der Waals surface area contributed by atoms with Gasteiger partial charge in [0.2, 0.25) is 0 Å². The highest BCUT2D eigenvalue weighted by Crippen LogP contribution is 2.33. The molecule has 1 aromatic heterocycles. The van der Waals surface area contributed by atoms with Crippen LogP contribution >= 0.6 is 0 Å². The minimum atomic E-state index is -4.90. The van der Waals surface area contributed by atoms with Crippen LogP contribution in [0.15, 0.2) is 65.5 Å². The maximum Gasteiger partial charge on any atom is 0.417 e. The summed E-state index contributed by atoms with van der Waals surface area (Å²) < 4.78 is 84.5. The maximum absolute atomic E-state index is 14.5. The second kappa shape index (κ2) is 14.9. The van der Waals surface area contributed by atoms with Gasteiger partial charge in [0.25, 0.3) is 17.4 Å². The number of amides is 2. The molecule has 4 aromatic rings. The molecule has 0 aliphatic heterocycles. The molecule has 4 N–H and O–H groups in total. The zero-order valence-electron chi connectivity index (χ0n) is 25.7. The van der Waals surface area contributed by atoms with Gasteiger partial charge in [0, 0.05) is 24.0 Å². The maximum atomic E-state index is 14.5. The number of nitriles is 1. The number of benzene rings is 3. The summed E-state index contributed by atoms with van der Waals surface area (Å²) in [4.78, 5) is 37.3. The Morgan fingerprint density at radius 3 is 2.47 bits per heavy atom. The van der Waals surface area contributed by atoms with Crippen LogP contribution < -0.4 is 16.2 Å². The minimum Gasteiger partial charge on any atom is -0.379 e. The zero-order valence-corrected chi connectivity index (χ0v) is 26.5. The summed E-state index contributed by atoms with van der Waals surface area (Å²) in [6.45, 7) is 0.175. The molecule has 0 radical (unpaired) electrons. The van der Waals surface area contributed by atoms with Crippen LogP contribution in [0.4, 0.5) is 23.2 Å². The first kappa shape index (κ1) is 36.7. The number of H-pyrrole nitrogens is 1. The first-order valence-electron chi connectivity index (χ1n) is 14.5. The van der Waals surface area contributed by atoms with Gasteiger partial charge >= 0.3 is 6.18 Å². The van der Waals surface area contributed by atoms with Gasteiger partial charge in [0.05, 0.1) is 58.6 Å². The van der Waals surface area contributed by atoms with Gasteiger partial charge in [-0.15, -0.1) is 0 Å². The number of hydrogen-bond acceptors (Lipinski definition) is 9. The fourth-order valence-corrected chi connectivity index (χ4v) is 6.27. The Hall–Kier alpha value is -5.18. The molecule has 49 heavy (non-hydrogen) atoms. The number of anilines is 1. The molecule has 12 nitrogen and oxygen atoms in total. The van der Waals surface area contributed by atoms with E-state index in [2.05, 4.69) is 15.5 Å². The van der Waals surface area contributed by atoms with E-state index in [4.69, 9.17) is 10.00 Å². The normalized spacial score (nSPS) is 13.0. The van der Waals surface area contributed by atoms with Gasteiger partial charge in [-0.1, -0.05) is 24.3 Å². The highest BCUT2D eigenvalue weighted by molar-refractivity contribution is 7.91. The molecule has 0 aliphatic carbocycles. The lowest BCUT2D eigenvalue weighted by Crippen LogP contribution is -2.46. The Balaban J connectivity index is 1.25. The third kappa shape index (κ3) is 9.47. The molecule has 3 aromatic carbocycles. The van der Waals surface area contributed by atoms with Gasteiger partial charge < -0.3 is 20.5 Å². The van der Waals surface area contributed by atoms with E-state index in [1.54, 1.807) is 24.3 Å². The molecular weight excluding hydrogens is 674 g/mol. The van der Waals surface area contributed by atoms with Gasteiger partial charge in [0.15, 0.2) is 15.4 Å². The molecule has 0 saturated heterocycles. The molecule has 0 saturated carbocycles. The molecule has 0 bridgehead atoms. The highest BCUT2D eigenvalue weighted by Gasteiger charge is 2.37. The van der Waals surface area contributed by atoms with E-state index < -0.39 is 74.2 Å². The monoisotopic (exact) mass is 703 g/mol. The van der Waals surface area contributed by atoms with Crippen molar-refractivity contribution in [1.82, 2.24) is 15.5 Å². The van der Waals surface area contributed by atoms with E-state index in [1.807, 2.05) is 5.32 Å². The van der Waals surface area contributed by atoms with Gasteiger partial charge in [-0.05, 0) is 48.9 Å². The topological polar surface area (TPSA) is 191 Å². The average molecular weight is 704 g/mol. The van der Waals surface area contributed by atoms with Gasteiger partial charge in [-0.3, -0.25) is 14.4 Å². The number of alkyl halides is 3. The molecule has 0 fully saturated rings. The van der Waals surface area contributed by atoms with Crippen molar-refractivity contribution in [3.8, 4) is 6.07 Å². The molecule has 17 heteroatoms. The van der Waals surface area contributed by atoms with E-state index in [0.717, 1.165) is 25.1 Å². The molecule has 1 unspecified atom stereocenters. The van der Waals surface area contributed by atoms with E-state index in [1.165, 1.54) is 18.2 Å². The van der Waals surface area contributed by atoms with Crippen LogP contribution in [0.1, 0.15) is 39.7 Å². The number of carbonyl (C=O) groups is 2. The second-order valence-electron chi connectivity index (χ2n) is 11.1. The molecule has 4 rings (SSSR count). The van der Waals surface area contributed by atoms with Crippen molar-refractivity contribution >= 4 is 38.1 Å². The number of carbonyl (C=O) groups excluding carboxylic acids is 2. The van der Waals surface area contributed by atoms with Crippen molar-refractivity contribution in [2.45, 2.75) is 25.1 Å². The Morgan fingerprint density at radius 2 is 1.78 bits per heavy atom. The summed E-state index contributed by atoms with van der Waals surface area (Å²) in [5.41, 5.74) is -4.52. The van der Waals surface area contributed by atoms with Gasteiger partial charge in [0.1, 0.15) is 5.82 Å². The first-order chi connectivity index (χ1) is 23.0. The summed E-state index contributed by atoms with van der Waals surface area (Å²) in [7, 11) is -4.14. The van der Waals surface area contributed by atoms with Gasteiger partial charge in [-0.2, -0.15) is 23.5 Å². The Kier molecular flexibility index (Phi) is 11.2. The van der Waals surface area contributed by atoms with Crippen LogP contribution in [0.2, 0.25) is 0 Å². The van der Waals surface area contributed by atoms with E-state index in [0.29, 0.717) is 28.1 Å². The van der Waals surface area contributed by atoms with E-state index >= 15 is 0 Å². The summed E-state index contributed by atoms with van der Waals surface area (Å²) in [6.07, 6.45) is -4.71. The van der Waals surface area contributed by atoms with Crippen molar-refractivity contribution in [3.05, 3.63) is 105 Å². The minimum absolute atomic E-state index is 0.126.